The average molecular weight is 369 g/mol. The van der Waals surface area contributed by atoms with Gasteiger partial charge in [-0.05, 0) is 13.0 Å². The number of esters is 1. The van der Waals surface area contributed by atoms with Crippen LogP contribution in [0.1, 0.15) is 24.0 Å². The number of para-hydroxylation sites is 1. The third kappa shape index (κ3) is 2.40. The Morgan fingerprint density at radius 2 is 1.93 bits per heavy atom. The van der Waals surface area contributed by atoms with E-state index in [4.69, 9.17) is 9.47 Å². The lowest BCUT2D eigenvalue weighted by molar-refractivity contribution is -0.136. The summed E-state index contributed by atoms with van der Waals surface area (Å²) in [6.07, 6.45) is 0. The van der Waals surface area contributed by atoms with Gasteiger partial charge in [-0.25, -0.2) is 9.59 Å². The van der Waals surface area contributed by atoms with Gasteiger partial charge in [0.15, 0.2) is 0 Å². The van der Waals surface area contributed by atoms with Gasteiger partial charge in [0.2, 0.25) is 0 Å². The van der Waals surface area contributed by atoms with Gasteiger partial charge in [-0.3, -0.25) is 13.9 Å². The molecule has 1 N–H and O–H groups in total. The van der Waals surface area contributed by atoms with Crippen molar-refractivity contribution >= 4 is 11.8 Å². The molecule has 0 aliphatic carbocycles. The van der Waals surface area contributed by atoms with Gasteiger partial charge in [-0.1, -0.05) is 18.2 Å². The SMILES string of the molecule is CCOc1ccccc1[C@H]1C2=C(COC2=O)Nc2c1c(=O)n(C)c(=O)n2C. The van der Waals surface area contributed by atoms with E-state index in [2.05, 4.69) is 5.32 Å². The number of hydrogen-bond acceptors (Lipinski definition) is 6. The molecule has 0 spiro atoms. The van der Waals surface area contributed by atoms with Crippen LogP contribution in [0, 0.1) is 0 Å². The smallest absolute Gasteiger partial charge is 0.337 e. The van der Waals surface area contributed by atoms with Crippen molar-refractivity contribution in [1.29, 1.82) is 0 Å². The molecule has 0 amide bonds. The summed E-state index contributed by atoms with van der Waals surface area (Å²) in [5.74, 6) is -0.202. The first-order chi connectivity index (χ1) is 13.0. The first-order valence-corrected chi connectivity index (χ1v) is 8.64. The minimum Gasteiger partial charge on any atom is -0.494 e. The minimum absolute atomic E-state index is 0.0737. The number of nitrogens with one attached hydrogen (secondary N) is 1. The van der Waals surface area contributed by atoms with Crippen molar-refractivity contribution < 1.29 is 14.3 Å². The Bertz CT molecular complexity index is 1110. The van der Waals surface area contributed by atoms with Crippen molar-refractivity contribution in [2.24, 2.45) is 14.1 Å². The lowest BCUT2D eigenvalue weighted by Gasteiger charge is -2.29. The van der Waals surface area contributed by atoms with Crippen LogP contribution < -0.4 is 21.3 Å². The second-order valence-electron chi connectivity index (χ2n) is 6.47. The molecule has 2 aromatic rings. The fourth-order valence-electron chi connectivity index (χ4n) is 3.70. The van der Waals surface area contributed by atoms with Gasteiger partial charge in [0.25, 0.3) is 5.56 Å². The molecule has 0 saturated carbocycles. The monoisotopic (exact) mass is 369 g/mol. The topological polar surface area (TPSA) is 91.6 Å². The van der Waals surface area contributed by atoms with E-state index < -0.39 is 23.1 Å². The molecule has 0 radical (unpaired) electrons. The highest BCUT2D eigenvalue weighted by molar-refractivity contribution is 5.97. The maximum atomic E-state index is 13.0. The Kier molecular flexibility index (Phi) is 3.91. The number of fused-ring (bicyclic) bond motifs is 1. The number of benzene rings is 1. The summed E-state index contributed by atoms with van der Waals surface area (Å²) in [4.78, 5) is 37.9. The predicted octanol–water partition coefficient (Wildman–Crippen LogP) is 0.851. The van der Waals surface area contributed by atoms with Gasteiger partial charge in [-0.15, -0.1) is 0 Å². The maximum Gasteiger partial charge on any atom is 0.337 e. The van der Waals surface area contributed by atoms with E-state index in [1.54, 1.807) is 13.1 Å². The van der Waals surface area contributed by atoms with Crippen LogP contribution in [0.3, 0.4) is 0 Å². The van der Waals surface area contributed by atoms with E-state index in [1.165, 1.54) is 11.6 Å². The zero-order chi connectivity index (χ0) is 19.3. The average Bonchev–Trinajstić information content (AvgIpc) is 3.05. The summed E-state index contributed by atoms with van der Waals surface area (Å²) in [6, 6.07) is 7.28. The van der Waals surface area contributed by atoms with E-state index in [1.807, 2.05) is 25.1 Å². The minimum atomic E-state index is -0.681. The van der Waals surface area contributed by atoms with Crippen molar-refractivity contribution in [2.45, 2.75) is 12.8 Å². The van der Waals surface area contributed by atoms with Crippen LogP contribution in [-0.4, -0.2) is 28.3 Å². The van der Waals surface area contributed by atoms with Crippen LogP contribution in [0.4, 0.5) is 5.82 Å². The summed E-state index contributed by atoms with van der Waals surface area (Å²) >= 11 is 0. The molecule has 4 rings (SSSR count). The number of ether oxygens (including phenoxy) is 2. The quantitative estimate of drug-likeness (QED) is 0.807. The van der Waals surface area contributed by atoms with E-state index in [0.29, 0.717) is 40.6 Å². The van der Waals surface area contributed by atoms with E-state index in [0.717, 1.165) is 4.57 Å². The van der Waals surface area contributed by atoms with Gasteiger partial charge in [0, 0.05) is 19.7 Å². The van der Waals surface area contributed by atoms with Gasteiger partial charge in [0.05, 0.1) is 29.4 Å². The summed E-state index contributed by atoms with van der Waals surface area (Å²) < 4.78 is 13.4. The van der Waals surface area contributed by atoms with Crippen molar-refractivity contribution in [3.63, 3.8) is 0 Å². The first kappa shape index (κ1) is 17.1. The maximum absolute atomic E-state index is 13.0. The Balaban J connectivity index is 2.08. The summed E-state index contributed by atoms with van der Waals surface area (Å²) in [7, 11) is 3.01. The number of carbonyl (C=O) groups is 1. The number of anilines is 1. The molecule has 140 valence electrons. The fourth-order valence-corrected chi connectivity index (χ4v) is 3.70. The molecule has 2 aliphatic rings. The summed E-state index contributed by atoms with van der Waals surface area (Å²) in [5, 5.41) is 3.06. The molecule has 1 aromatic carbocycles. The highest BCUT2D eigenvalue weighted by atomic mass is 16.5. The van der Waals surface area contributed by atoms with Crippen molar-refractivity contribution in [1.82, 2.24) is 9.13 Å². The highest BCUT2D eigenvalue weighted by Crippen LogP contribution is 2.44. The van der Waals surface area contributed by atoms with Crippen molar-refractivity contribution in [2.75, 3.05) is 18.5 Å². The fraction of sp³-hybridized carbons (Fsp3) is 0.316. The zero-order valence-corrected chi connectivity index (χ0v) is 15.2. The van der Waals surface area contributed by atoms with Crippen LogP contribution in [-0.2, 0) is 23.6 Å². The van der Waals surface area contributed by atoms with Crippen LogP contribution in [0.5, 0.6) is 5.75 Å². The van der Waals surface area contributed by atoms with Gasteiger partial charge in [-0.2, -0.15) is 0 Å². The van der Waals surface area contributed by atoms with Crippen molar-refractivity contribution in [3.05, 3.63) is 67.5 Å². The molecule has 8 heteroatoms. The first-order valence-electron chi connectivity index (χ1n) is 8.64. The van der Waals surface area contributed by atoms with E-state index in [-0.39, 0.29) is 6.61 Å². The second-order valence-corrected chi connectivity index (χ2v) is 6.47. The second kappa shape index (κ2) is 6.15. The number of hydrogen-bond donors (Lipinski definition) is 1. The Morgan fingerprint density at radius 3 is 2.67 bits per heavy atom. The number of nitrogens with zero attached hydrogens (tertiary/aromatic N) is 2. The Morgan fingerprint density at radius 1 is 1.19 bits per heavy atom. The lowest BCUT2D eigenvalue weighted by Crippen LogP contribution is -2.43. The zero-order valence-electron chi connectivity index (χ0n) is 15.2. The number of aromatic nitrogens is 2. The van der Waals surface area contributed by atoms with Crippen LogP contribution in [0.15, 0.2) is 45.1 Å². The largest absolute Gasteiger partial charge is 0.494 e. The van der Waals surface area contributed by atoms with Gasteiger partial charge < -0.3 is 14.8 Å². The van der Waals surface area contributed by atoms with Crippen LogP contribution in [0.2, 0.25) is 0 Å². The predicted molar refractivity (Wildman–Crippen MR) is 98.0 cm³/mol. The number of carbonyl (C=O) groups excluding carboxylic acids is 1. The molecule has 8 nitrogen and oxygen atoms in total. The molecule has 3 heterocycles. The third-order valence-electron chi connectivity index (χ3n) is 4.97. The van der Waals surface area contributed by atoms with Crippen LogP contribution >= 0.6 is 0 Å². The summed E-state index contributed by atoms with van der Waals surface area (Å²) in [5.41, 5.74) is 1.05. The molecule has 1 atom stereocenters. The standard InChI is InChI=1S/C19H19N3O5/c1-4-26-12-8-6-5-7-10(12)13-14-11(9-27-18(14)24)20-16-15(13)17(23)22(3)19(25)21(16)2/h5-8,13,20H,4,9H2,1-3H3/t13-/m0/s1. The lowest BCUT2D eigenvalue weighted by atomic mass is 9.82. The molecule has 1 aromatic heterocycles. The van der Waals surface area contributed by atoms with Gasteiger partial charge in [0.1, 0.15) is 18.2 Å². The van der Waals surface area contributed by atoms with Crippen LogP contribution in [0.25, 0.3) is 0 Å². The number of cyclic esters (lactones) is 1. The normalized spacial score (nSPS) is 17.9. The molecule has 0 saturated heterocycles. The Hall–Kier alpha value is -3.29. The molecular formula is C19H19N3O5. The molecule has 2 aliphatic heterocycles. The Labute approximate surface area is 154 Å². The van der Waals surface area contributed by atoms with E-state index >= 15 is 0 Å². The number of rotatable bonds is 3. The summed E-state index contributed by atoms with van der Waals surface area (Å²) in [6.45, 7) is 2.38. The van der Waals surface area contributed by atoms with Crippen molar-refractivity contribution in [3.8, 4) is 5.75 Å². The molecule has 0 fully saturated rings. The molecular weight excluding hydrogens is 350 g/mol. The third-order valence-corrected chi connectivity index (χ3v) is 4.97. The molecule has 0 bridgehead atoms. The highest BCUT2D eigenvalue weighted by Gasteiger charge is 2.42. The molecule has 27 heavy (non-hydrogen) atoms. The van der Waals surface area contributed by atoms with E-state index in [9.17, 15) is 14.4 Å². The van der Waals surface area contributed by atoms with Gasteiger partial charge >= 0.3 is 11.7 Å². The molecule has 0 unspecified atom stereocenters.